The van der Waals surface area contributed by atoms with Gasteiger partial charge in [0.1, 0.15) is 4.75 Å². The van der Waals surface area contributed by atoms with Crippen molar-refractivity contribution in [1.29, 1.82) is 0 Å². The molecule has 0 aliphatic heterocycles. The predicted octanol–water partition coefficient (Wildman–Crippen LogP) is 1.81. The molecule has 3 saturated carbocycles. The zero-order chi connectivity index (χ0) is 16.0. The Morgan fingerprint density at radius 3 is 2.27 bits per heavy atom. The van der Waals surface area contributed by atoms with E-state index in [-0.39, 0.29) is 23.5 Å². The van der Waals surface area contributed by atoms with Gasteiger partial charge in [-0.1, -0.05) is 12.8 Å². The van der Waals surface area contributed by atoms with E-state index >= 15 is 0 Å². The molecule has 3 aliphatic carbocycles. The second-order valence-corrected chi connectivity index (χ2v) is 9.59. The SMILES string of the molecule is CCO[C@H]1C[C@@H](NC(=O)C2(S(C)(=O)=O)CCC2)C12CCCC2. The van der Waals surface area contributed by atoms with Gasteiger partial charge in [-0.25, -0.2) is 8.42 Å². The summed E-state index contributed by atoms with van der Waals surface area (Å²) in [6, 6.07) is 0.0817. The van der Waals surface area contributed by atoms with Gasteiger partial charge in [-0.2, -0.15) is 0 Å². The van der Waals surface area contributed by atoms with E-state index in [4.69, 9.17) is 4.74 Å². The molecule has 5 nitrogen and oxygen atoms in total. The van der Waals surface area contributed by atoms with Crippen LogP contribution in [0.1, 0.15) is 58.3 Å². The normalized spacial score (nSPS) is 32.3. The Labute approximate surface area is 133 Å². The van der Waals surface area contributed by atoms with Crippen LogP contribution in [0.15, 0.2) is 0 Å². The first kappa shape index (κ1) is 16.2. The van der Waals surface area contributed by atoms with Gasteiger partial charge in [0.25, 0.3) is 0 Å². The highest BCUT2D eigenvalue weighted by Gasteiger charge is 2.60. The second-order valence-electron chi connectivity index (χ2n) is 7.27. The fourth-order valence-corrected chi connectivity index (χ4v) is 6.07. The molecule has 0 aromatic heterocycles. The largest absolute Gasteiger partial charge is 0.378 e. The third-order valence-electron chi connectivity index (χ3n) is 6.28. The van der Waals surface area contributed by atoms with Gasteiger partial charge in [0.05, 0.1) is 6.10 Å². The lowest BCUT2D eigenvalue weighted by atomic mass is 9.60. The fourth-order valence-electron chi connectivity index (χ4n) is 4.64. The molecular weight excluding hydrogens is 302 g/mol. The molecular formula is C16H27NO4S. The monoisotopic (exact) mass is 329 g/mol. The molecule has 0 heterocycles. The van der Waals surface area contributed by atoms with Gasteiger partial charge in [-0.15, -0.1) is 0 Å². The average molecular weight is 329 g/mol. The van der Waals surface area contributed by atoms with Gasteiger partial charge >= 0.3 is 0 Å². The highest BCUT2D eigenvalue weighted by molar-refractivity contribution is 7.93. The van der Waals surface area contributed by atoms with Crippen molar-refractivity contribution >= 4 is 15.7 Å². The van der Waals surface area contributed by atoms with Gasteiger partial charge in [0, 0.05) is 24.3 Å². The molecule has 1 amide bonds. The van der Waals surface area contributed by atoms with E-state index in [0.717, 1.165) is 25.7 Å². The van der Waals surface area contributed by atoms with E-state index in [2.05, 4.69) is 5.32 Å². The molecule has 0 radical (unpaired) electrons. The lowest BCUT2D eigenvalue weighted by Gasteiger charge is -2.55. The van der Waals surface area contributed by atoms with Crippen molar-refractivity contribution in [2.75, 3.05) is 12.9 Å². The minimum Gasteiger partial charge on any atom is -0.378 e. The summed E-state index contributed by atoms with van der Waals surface area (Å²) in [4.78, 5) is 12.7. The van der Waals surface area contributed by atoms with Crippen LogP contribution in [0.2, 0.25) is 0 Å². The van der Waals surface area contributed by atoms with E-state index < -0.39 is 14.6 Å². The summed E-state index contributed by atoms with van der Waals surface area (Å²) >= 11 is 0. The molecule has 3 fully saturated rings. The van der Waals surface area contributed by atoms with Crippen LogP contribution in [0.5, 0.6) is 0 Å². The van der Waals surface area contributed by atoms with E-state index in [1.807, 2.05) is 6.92 Å². The number of nitrogens with one attached hydrogen (secondary N) is 1. The van der Waals surface area contributed by atoms with Crippen molar-refractivity contribution in [2.24, 2.45) is 5.41 Å². The maximum atomic E-state index is 12.7. The molecule has 22 heavy (non-hydrogen) atoms. The first-order valence-corrected chi connectivity index (χ1v) is 10.4. The van der Waals surface area contributed by atoms with Crippen molar-refractivity contribution in [3.05, 3.63) is 0 Å². The molecule has 6 heteroatoms. The number of rotatable bonds is 5. The van der Waals surface area contributed by atoms with Crippen molar-refractivity contribution < 1.29 is 17.9 Å². The van der Waals surface area contributed by atoms with Crippen LogP contribution in [0, 0.1) is 5.41 Å². The van der Waals surface area contributed by atoms with Crippen molar-refractivity contribution in [2.45, 2.75) is 75.2 Å². The van der Waals surface area contributed by atoms with Gasteiger partial charge in [0.15, 0.2) is 9.84 Å². The van der Waals surface area contributed by atoms with Crippen molar-refractivity contribution in [1.82, 2.24) is 5.32 Å². The van der Waals surface area contributed by atoms with Gasteiger partial charge in [-0.05, 0) is 45.4 Å². The molecule has 1 N–H and O–H groups in total. The lowest BCUT2D eigenvalue weighted by Crippen LogP contribution is -2.67. The molecule has 0 unspecified atom stereocenters. The van der Waals surface area contributed by atoms with Crippen LogP contribution in [-0.4, -0.2) is 44.1 Å². The highest BCUT2D eigenvalue weighted by Crippen LogP contribution is 2.55. The maximum absolute atomic E-state index is 12.7. The van der Waals surface area contributed by atoms with E-state index in [1.165, 1.54) is 19.1 Å². The molecule has 0 aromatic rings. The molecule has 0 bridgehead atoms. The zero-order valence-corrected chi connectivity index (χ0v) is 14.4. The summed E-state index contributed by atoms with van der Waals surface area (Å²) in [5.74, 6) is -0.271. The van der Waals surface area contributed by atoms with Crippen LogP contribution in [0.25, 0.3) is 0 Å². The summed E-state index contributed by atoms with van der Waals surface area (Å²) in [6.45, 7) is 2.70. The van der Waals surface area contributed by atoms with Crippen LogP contribution in [0.4, 0.5) is 0 Å². The number of hydrogen-bond acceptors (Lipinski definition) is 4. The van der Waals surface area contributed by atoms with E-state index in [9.17, 15) is 13.2 Å². The Morgan fingerprint density at radius 1 is 1.18 bits per heavy atom. The number of carbonyl (C=O) groups is 1. The first-order valence-electron chi connectivity index (χ1n) is 8.48. The van der Waals surface area contributed by atoms with Gasteiger partial charge in [0.2, 0.25) is 5.91 Å². The molecule has 3 aliphatic rings. The third-order valence-corrected chi connectivity index (χ3v) is 8.29. The summed E-state index contributed by atoms with van der Waals surface area (Å²) in [6.07, 6.45) is 8.49. The Kier molecular flexibility index (Phi) is 4.05. The van der Waals surface area contributed by atoms with Crippen LogP contribution < -0.4 is 5.32 Å². The number of ether oxygens (including phenoxy) is 1. The van der Waals surface area contributed by atoms with Gasteiger partial charge < -0.3 is 10.1 Å². The minimum atomic E-state index is -3.36. The Morgan fingerprint density at radius 2 is 1.82 bits per heavy atom. The average Bonchev–Trinajstić information content (AvgIpc) is 2.86. The fraction of sp³-hybridized carbons (Fsp3) is 0.938. The third kappa shape index (κ3) is 2.21. The molecule has 3 rings (SSSR count). The molecule has 2 atom stereocenters. The van der Waals surface area contributed by atoms with E-state index in [0.29, 0.717) is 19.4 Å². The topological polar surface area (TPSA) is 72.5 Å². The number of carbonyl (C=O) groups excluding carboxylic acids is 1. The van der Waals surface area contributed by atoms with Crippen molar-refractivity contribution in [3.63, 3.8) is 0 Å². The quantitative estimate of drug-likeness (QED) is 0.835. The molecule has 0 saturated heterocycles. The Bertz CT molecular complexity index is 546. The number of sulfone groups is 1. The smallest absolute Gasteiger partial charge is 0.241 e. The molecule has 0 aromatic carbocycles. The Hall–Kier alpha value is -0.620. The van der Waals surface area contributed by atoms with Crippen molar-refractivity contribution in [3.8, 4) is 0 Å². The van der Waals surface area contributed by atoms with E-state index in [1.54, 1.807) is 0 Å². The summed E-state index contributed by atoms with van der Waals surface area (Å²) in [7, 11) is -3.36. The first-order chi connectivity index (χ1) is 10.4. The highest BCUT2D eigenvalue weighted by atomic mass is 32.2. The minimum absolute atomic E-state index is 0.0497. The summed E-state index contributed by atoms with van der Waals surface area (Å²) < 4.78 is 28.8. The zero-order valence-electron chi connectivity index (χ0n) is 13.6. The summed E-state index contributed by atoms with van der Waals surface area (Å²) in [5.41, 5.74) is 0.0497. The standard InChI is InChI=1S/C16H27NO4S/c1-3-21-13-11-12(15(13)7-4-5-8-15)17-14(18)16(9-6-10-16)22(2,19)20/h12-13H,3-11H2,1-2H3,(H,17,18)/t12-,13+/m1/s1. The predicted molar refractivity (Wildman–Crippen MR) is 84.3 cm³/mol. The summed E-state index contributed by atoms with van der Waals surface area (Å²) in [5, 5.41) is 3.09. The van der Waals surface area contributed by atoms with Crippen LogP contribution in [-0.2, 0) is 19.4 Å². The Balaban J connectivity index is 1.72. The van der Waals surface area contributed by atoms with Crippen LogP contribution >= 0.6 is 0 Å². The molecule has 126 valence electrons. The van der Waals surface area contributed by atoms with Gasteiger partial charge in [-0.3, -0.25) is 4.79 Å². The number of amides is 1. The molecule has 1 spiro atoms. The lowest BCUT2D eigenvalue weighted by molar-refractivity contribution is -0.146. The maximum Gasteiger partial charge on any atom is 0.241 e. The second kappa shape index (κ2) is 5.48. The number of hydrogen-bond donors (Lipinski definition) is 1. The van der Waals surface area contributed by atoms with Crippen LogP contribution in [0.3, 0.4) is 0 Å².